The van der Waals surface area contributed by atoms with Gasteiger partial charge in [0.2, 0.25) is 0 Å². The Morgan fingerprint density at radius 2 is 2.24 bits per heavy atom. The molecule has 1 atom stereocenters. The van der Waals surface area contributed by atoms with E-state index in [2.05, 4.69) is 18.3 Å². The van der Waals surface area contributed by atoms with Crippen molar-refractivity contribution in [2.24, 2.45) is 0 Å². The van der Waals surface area contributed by atoms with E-state index in [1.165, 1.54) is 16.9 Å². The highest BCUT2D eigenvalue weighted by molar-refractivity contribution is 7.98. The summed E-state index contributed by atoms with van der Waals surface area (Å²) in [4.78, 5) is 0. The lowest BCUT2D eigenvalue weighted by Gasteiger charge is -2.19. The topological polar surface area (TPSA) is 12.0 Å². The number of rotatable bonds is 3. The van der Waals surface area contributed by atoms with E-state index in [9.17, 15) is 0 Å². The van der Waals surface area contributed by atoms with Gasteiger partial charge in [0.05, 0.1) is 10.0 Å². The molecule has 1 aliphatic rings. The molecule has 0 bridgehead atoms. The summed E-state index contributed by atoms with van der Waals surface area (Å²) in [6.07, 6.45) is 2.32. The van der Waals surface area contributed by atoms with Crippen LogP contribution >= 0.6 is 35.0 Å². The van der Waals surface area contributed by atoms with Gasteiger partial charge in [-0.05, 0) is 42.3 Å². The van der Waals surface area contributed by atoms with E-state index in [0.29, 0.717) is 11.1 Å². The SMILES string of the molecule is CCCNC1CCSCc2c1ccc(Cl)c2Cl. The molecule has 1 N–H and O–H groups in total. The first-order valence-corrected chi connectivity index (χ1v) is 7.93. The molecule has 1 nitrogen and oxygen atoms in total. The van der Waals surface area contributed by atoms with Crippen molar-refractivity contribution < 1.29 is 0 Å². The van der Waals surface area contributed by atoms with Crippen LogP contribution in [0.2, 0.25) is 10.0 Å². The third-order valence-corrected chi connectivity index (χ3v) is 4.91. The maximum atomic E-state index is 6.31. The molecule has 1 aliphatic heterocycles. The van der Waals surface area contributed by atoms with Crippen LogP contribution in [0.5, 0.6) is 0 Å². The standard InChI is InChI=1S/C13H17Cl2NS/c1-2-6-16-12-5-7-17-8-10-9(12)3-4-11(14)13(10)15/h3-4,12,16H,2,5-8H2,1H3. The molecule has 1 unspecified atom stereocenters. The van der Waals surface area contributed by atoms with Crippen LogP contribution in [0.3, 0.4) is 0 Å². The van der Waals surface area contributed by atoms with Gasteiger partial charge in [-0.2, -0.15) is 11.8 Å². The molecular weight excluding hydrogens is 273 g/mol. The summed E-state index contributed by atoms with van der Waals surface area (Å²) in [5.41, 5.74) is 2.55. The summed E-state index contributed by atoms with van der Waals surface area (Å²) >= 11 is 14.3. The van der Waals surface area contributed by atoms with Gasteiger partial charge in [0.15, 0.2) is 0 Å². The van der Waals surface area contributed by atoms with Gasteiger partial charge in [0.25, 0.3) is 0 Å². The third-order valence-electron chi connectivity index (χ3n) is 3.05. The van der Waals surface area contributed by atoms with Crippen molar-refractivity contribution in [3.05, 3.63) is 33.3 Å². The molecular formula is C13H17Cl2NS. The normalized spacial score (nSPS) is 19.8. The zero-order chi connectivity index (χ0) is 12.3. The summed E-state index contributed by atoms with van der Waals surface area (Å²) < 4.78 is 0. The molecule has 0 radical (unpaired) electrons. The van der Waals surface area contributed by atoms with Gasteiger partial charge in [-0.15, -0.1) is 0 Å². The smallest absolute Gasteiger partial charge is 0.0636 e. The summed E-state index contributed by atoms with van der Waals surface area (Å²) in [5, 5.41) is 5.01. The number of hydrogen-bond donors (Lipinski definition) is 1. The molecule has 1 aromatic carbocycles. The fraction of sp³-hybridized carbons (Fsp3) is 0.538. The summed E-state index contributed by atoms with van der Waals surface area (Å²) in [6, 6.07) is 4.47. The van der Waals surface area contributed by atoms with Gasteiger partial charge >= 0.3 is 0 Å². The number of fused-ring (bicyclic) bond motifs is 1. The Labute approximate surface area is 117 Å². The third kappa shape index (κ3) is 3.11. The second-order valence-electron chi connectivity index (χ2n) is 4.28. The first-order valence-electron chi connectivity index (χ1n) is 6.02. The minimum Gasteiger partial charge on any atom is -0.310 e. The van der Waals surface area contributed by atoms with Crippen LogP contribution in [0.25, 0.3) is 0 Å². The average molecular weight is 290 g/mol. The van der Waals surface area contributed by atoms with Crippen molar-refractivity contribution in [2.75, 3.05) is 12.3 Å². The first kappa shape index (κ1) is 13.5. The van der Waals surface area contributed by atoms with Gasteiger partial charge < -0.3 is 5.32 Å². The minimum atomic E-state index is 0.426. The van der Waals surface area contributed by atoms with Gasteiger partial charge in [-0.1, -0.05) is 36.2 Å². The molecule has 0 aliphatic carbocycles. The monoisotopic (exact) mass is 289 g/mol. The number of nitrogens with one attached hydrogen (secondary N) is 1. The molecule has 1 aromatic rings. The van der Waals surface area contributed by atoms with Crippen molar-refractivity contribution in [1.82, 2.24) is 5.32 Å². The summed E-state index contributed by atoms with van der Waals surface area (Å²) in [5.74, 6) is 2.14. The predicted molar refractivity (Wildman–Crippen MR) is 78.3 cm³/mol. The van der Waals surface area contributed by atoms with Crippen LogP contribution in [-0.4, -0.2) is 12.3 Å². The molecule has 0 amide bonds. The molecule has 0 spiro atoms. The Bertz CT molecular complexity index is 395. The summed E-state index contributed by atoms with van der Waals surface area (Å²) in [7, 11) is 0. The number of benzene rings is 1. The van der Waals surface area contributed by atoms with Crippen LogP contribution < -0.4 is 5.32 Å². The molecule has 1 heterocycles. The maximum Gasteiger partial charge on any atom is 0.0636 e. The molecule has 0 saturated heterocycles. The fourth-order valence-electron chi connectivity index (χ4n) is 2.14. The van der Waals surface area contributed by atoms with Crippen LogP contribution in [0.4, 0.5) is 0 Å². The van der Waals surface area contributed by atoms with Gasteiger partial charge in [0.1, 0.15) is 0 Å². The quantitative estimate of drug-likeness (QED) is 0.868. The molecule has 4 heteroatoms. The van der Waals surface area contributed by atoms with E-state index in [1.807, 2.05) is 17.8 Å². The van der Waals surface area contributed by atoms with Crippen LogP contribution in [0, 0.1) is 0 Å². The zero-order valence-corrected chi connectivity index (χ0v) is 12.3. The summed E-state index contributed by atoms with van der Waals surface area (Å²) in [6.45, 7) is 3.24. The largest absolute Gasteiger partial charge is 0.310 e. The Balaban J connectivity index is 2.32. The average Bonchev–Trinajstić information content (AvgIpc) is 2.54. The van der Waals surface area contributed by atoms with Crippen molar-refractivity contribution in [3.8, 4) is 0 Å². The van der Waals surface area contributed by atoms with Gasteiger partial charge in [-0.25, -0.2) is 0 Å². The van der Waals surface area contributed by atoms with E-state index in [-0.39, 0.29) is 0 Å². The van der Waals surface area contributed by atoms with Crippen molar-refractivity contribution >= 4 is 35.0 Å². The van der Waals surface area contributed by atoms with Crippen LogP contribution in [0.15, 0.2) is 12.1 Å². The van der Waals surface area contributed by atoms with E-state index in [0.717, 1.165) is 30.2 Å². The fourth-order valence-corrected chi connectivity index (χ4v) is 3.70. The van der Waals surface area contributed by atoms with Crippen LogP contribution in [-0.2, 0) is 5.75 Å². The van der Waals surface area contributed by atoms with Crippen molar-refractivity contribution in [2.45, 2.75) is 31.6 Å². The highest BCUT2D eigenvalue weighted by atomic mass is 35.5. The lowest BCUT2D eigenvalue weighted by Crippen LogP contribution is -2.23. The molecule has 0 saturated carbocycles. The number of hydrogen-bond acceptors (Lipinski definition) is 2. The molecule has 94 valence electrons. The second kappa shape index (κ2) is 6.33. The molecule has 0 fully saturated rings. The minimum absolute atomic E-state index is 0.426. The lowest BCUT2D eigenvalue weighted by molar-refractivity contribution is 0.521. The van der Waals surface area contributed by atoms with Crippen LogP contribution in [0.1, 0.15) is 36.9 Å². The lowest BCUT2D eigenvalue weighted by atomic mass is 9.99. The van der Waals surface area contributed by atoms with E-state index < -0.39 is 0 Å². The molecule has 0 aromatic heterocycles. The molecule has 17 heavy (non-hydrogen) atoms. The highest BCUT2D eigenvalue weighted by Gasteiger charge is 2.21. The van der Waals surface area contributed by atoms with E-state index in [4.69, 9.17) is 23.2 Å². The molecule has 2 rings (SSSR count). The zero-order valence-electron chi connectivity index (χ0n) is 9.93. The predicted octanol–water partition coefficient (Wildman–Crippen LogP) is 4.67. The van der Waals surface area contributed by atoms with Crippen molar-refractivity contribution in [1.29, 1.82) is 0 Å². The Morgan fingerprint density at radius 1 is 1.41 bits per heavy atom. The van der Waals surface area contributed by atoms with Crippen molar-refractivity contribution in [3.63, 3.8) is 0 Å². The maximum absolute atomic E-state index is 6.31. The Kier molecular flexibility index (Phi) is 5.04. The number of thioether (sulfide) groups is 1. The number of halogens is 2. The van der Waals surface area contributed by atoms with E-state index in [1.54, 1.807) is 0 Å². The van der Waals surface area contributed by atoms with Gasteiger partial charge in [0, 0.05) is 11.8 Å². The first-order chi connectivity index (χ1) is 8.24. The van der Waals surface area contributed by atoms with Gasteiger partial charge in [-0.3, -0.25) is 0 Å². The second-order valence-corrected chi connectivity index (χ2v) is 6.17. The Hall–Kier alpha value is 0.110. The highest BCUT2D eigenvalue weighted by Crippen LogP contribution is 2.38. The Morgan fingerprint density at radius 3 is 3.00 bits per heavy atom. The van der Waals surface area contributed by atoms with E-state index >= 15 is 0 Å².